The molecule has 0 radical (unpaired) electrons. The summed E-state index contributed by atoms with van der Waals surface area (Å²) in [7, 11) is 1.44. The highest BCUT2D eigenvalue weighted by Crippen LogP contribution is 2.33. The Hall–Kier alpha value is -3.21. The maximum absolute atomic E-state index is 12.0. The van der Waals surface area contributed by atoms with E-state index in [4.69, 9.17) is 9.15 Å². The molecule has 0 aliphatic heterocycles. The molecule has 0 saturated carbocycles. The molecule has 2 aromatic carbocycles. The number of ether oxygens (including phenoxy) is 1. The van der Waals surface area contributed by atoms with Crippen molar-refractivity contribution in [3.8, 4) is 17.1 Å². The number of nitrogens with one attached hydrogen (secondary N) is 1. The number of nitrogens with zero attached hydrogens (tertiary/aromatic N) is 2. The summed E-state index contributed by atoms with van der Waals surface area (Å²) in [6.07, 6.45) is 1.32. The van der Waals surface area contributed by atoms with Crippen LogP contribution < -0.4 is 10.2 Å². The van der Waals surface area contributed by atoms with Crippen LogP contribution in [0, 0.1) is 13.7 Å². The van der Waals surface area contributed by atoms with Crippen molar-refractivity contribution in [1.82, 2.24) is 5.43 Å². The minimum Gasteiger partial charge on any atom is -0.497 e. The summed E-state index contributed by atoms with van der Waals surface area (Å²) < 4.78 is 11.6. The first-order chi connectivity index (χ1) is 13.5. The van der Waals surface area contributed by atoms with Gasteiger partial charge >= 0.3 is 0 Å². The largest absolute Gasteiger partial charge is 0.497 e. The van der Waals surface area contributed by atoms with Crippen LogP contribution in [0.4, 0.5) is 5.69 Å². The number of nitro groups is 1. The van der Waals surface area contributed by atoms with Crippen molar-refractivity contribution in [1.29, 1.82) is 0 Å². The molecule has 0 bridgehead atoms. The summed E-state index contributed by atoms with van der Waals surface area (Å²) in [6, 6.07) is 14.7. The van der Waals surface area contributed by atoms with E-state index in [1.807, 2.05) is 12.1 Å². The molecule has 0 unspecified atom stereocenters. The van der Waals surface area contributed by atoms with Crippen LogP contribution in [0.2, 0.25) is 0 Å². The van der Waals surface area contributed by atoms with E-state index in [1.54, 1.807) is 36.4 Å². The van der Waals surface area contributed by atoms with Gasteiger partial charge in [0.2, 0.25) is 0 Å². The molecular weight excluding hydrogens is 477 g/mol. The van der Waals surface area contributed by atoms with Gasteiger partial charge in [0, 0.05) is 9.13 Å². The molecule has 1 heterocycles. The molecule has 0 spiro atoms. The van der Waals surface area contributed by atoms with Gasteiger partial charge in [0.1, 0.15) is 17.3 Å². The first-order valence-electron chi connectivity index (χ1n) is 7.99. The zero-order chi connectivity index (χ0) is 20.1. The van der Waals surface area contributed by atoms with E-state index >= 15 is 0 Å². The van der Waals surface area contributed by atoms with Crippen LogP contribution >= 0.6 is 22.6 Å². The van der Waals surface area contributed by atoms with Gasteiger partial charge in [-0.2, -0.15) is 5.10 Å². The van der Waals surface area contributed by atoms with Gasteiger partial charge in [0.15, 0.2) is 0 Å². The summed E-state index contributed by atoms with van der Waals surface area (Å²) >= 11 is 2.15. The quantitative estimate of drug-likeness (QED) is 0.240. The minimum absolute atomic E-state index is 0.135. The standard InChI is InChI=1S/C19H14IN3O5/c1-27-14-6-8-16(17(10-14)23(25)26)18-9-7-15(28-18)11-21-22-19(24)12-2-4-13(20)5-3-12/h2-11H,1H3,(H,22,24)/b21-11-. The number of amides is 1. The monoisotopic (exact) mass is 491 g/mol. The number of furan rings is 1. The molecule has 3 aromatic rings. The molecule has 3 rings (SSSR count). The van der Waals surface area contributed by atoms with Crippen molar-refractivity contribution >= 4 is 40.4 Å². The fourth-order valence-electron chi connectivity index (χ4n) is 2.39. The Balaban J connectivity index is 1.74. The Morgan fingerprint density at radius 2 is 1.96 bits per heavy atom. The third-order valence-corrected chi connectivity index (χ3v) is 4.48. The second-order valence-electron chi connectivity index (χ2n) is 5.55. The zero-order valence-electron chi connectivity index (χ0n) is 14.6. The smallest absolute Gasteiger partial charge is 0.284 e. The predicted octanol–water partition coefficient (Wildman–Crippen LogP) is 4.23. The SMILES string of the molecule is COc1ccc(-c2ccc(/C=N\NC(=O)c3ccc(I)cc3)o2)c([N+](=O)[O-])c1. The van der Waals surface area contributed by atoms with Crippen molar-refractivity contribution < 1.29 is 18.9 Å². The number of methoxy groups -OCH3 is 1. The number of hydrazone groups is 1. The predicted molar refractivity (Wildman–Crippen MR) is 112 cm³/mol. The van der Waals surface area contributed by atoms with Gasteiger partial charge in [0.05, 0.1) is 29.9 Å². The number of carbonyl (C=O) groups is 1. The topological polar surface area (TPSA) is 107 Å². The lowest BCUT2D eigenvalue weighted by molar-refractivity contribution is -0.384. The molecule has 1 N–H and O–H groups in total. The lowest BCUT2D eigenvalue weighted by Crippen LogP contribution is -2.17. The van der Waals surface area contributed by atoms with Crippen LogP contribution in [0.3, 0.4) is 0 Å². The van der Waals surface area contributed by atoms with Gasteiger partial charge in [-0.05, 0) is 71.1 Å². The van der Waals surface area contributed by atoms with E-state index in [9.17, 15) is 14.9 Å². The average molecular weight is 491 g/mol. The molecule has 0 saturated heterocycles. The van der Waals surface area contributed by atoms with Gasteiger partial charge in [-0.1, -0.05) is 0 Å². The number of hydrogen-bond donors (Lipinski definition) is 1. The van der Waals surface area contributed by atoms with Crippen molar-refractivity contribution in [2.45, 2.75) is 0 Å². The fourth-order valence-corrected chi connectivity index (χ4v) is 2.74. The molecule has 1 amide bonds. The lowest BCUT2D eigenvalue weighted by atomic mass is 10.1. The second-order valence-corrected chi connectivity index (χ2v) is 6.79. The van der Waals surface area contributed by atoms with Gasteiger partial charge < -0.3 is 9.15 Å². The zero-order valence-corrected chi connectivity index (χ0v) is 16.7. The van der Waals surface area contributed by atoms with Crippen LogP contribution in [0.1, 0.15) is 16.1 Å². The Kier molecular flexibility index (Phi) is 6.04. The van der Waals surface area contributed by atoms with Gasteiger partial charge in [-0.3, -0.25) is 14.9 Å². The maximum Gasteiger partial charge on any atom is 0.284 e. The molecule has 0 aliphatic carbocycles. The number of nitro benzene ring substituents is 1. The van der Waals surface area contributed by atoms with Crippen molar-refractivity contribution in [2.24, 2.45) is 5.10 Å². The summed E-state index contributed by atoms with van der Waals surface area (Å²) in [5, 5.41) is 15.2. The molecule has 0 aliphatic rings. The molecule has 9 heteroatoms. The molecular formula is C19H14IN3O5. The first kappa shape index (κ1) is 19.5. The number of halogens is 1. The van der Waals surface area contributed by atoms with Crippen LogP contribution in [0.5, 0.6) is 5.75 Å². The summed E-state index contributed by atoms with van der Waals surface area (Å²) in [5.41, 5.74) is 3.06. The number of hydrogen-bond acceptors (Lipinski definition) is 6. The Morgan fingerprint density at radius 1 is 1.21 bits per heavy atom. The van der Waals surface area contributed by atoms with E-state index in [-0.39, 0.29) is 11.6 Å². The van der Waals surface area contributed by atoms with Crippen molar-refractivity contribution in [3.05, 3.63) is 79.6 Å². The molecule has 0 atom stereocenters. The Labute approximate surface area is 173 Å². The van der Waals surface area contributed by atoms with Crippen molar-refractivity contribution in [2.75, 3.05) is 7.11 Å². The second kappa shape index (κ2) is 8.65. The van der Waals surface area contributed by atoms with E-state index in [2.05, 4.69) is 33.1 Å². The average Bonchev–Trinajstić information content (AvgIpc) is 3.16. The van der Waals surface area contributed by atoms with E-state index in [0.717, 1.165) is 3.57 Å². The van der Waals surface area contributed by atoms with E-state index < -0.39 is 4.92 Å². The number of carbonyl (C=O) groups excluding carboxylic acids is 1. The van der Waals surface area contributed by atoms with Crippen LogP contribution in [0.15, 0.2) is 64.1 Å². The van der Waals surface area contributed by atoms with Gasteiger partial charge in [-0.15, -0.1) is 0 Å². The van der Waals surface area contributed by atoms with Crippen molar-refractivity contribution in [3.63, 3.8) is 0 Å². The molecule has 1 aromatic heterocycles. The normalized spacial score (nSPS) is 10.8. The van der Waals surface area contributed by atoms with Gasteiger partial charge in [0.25, 0.3) is 11.6 Å². The summed E-state index contributed by atoms with van der Waals surface area (Å²) in [5.74, 6) is 0.662. The molecule has 0 fully saturated rings. The van der Waals surface area contributed by atoms with E-state index in [1.165, 1.54) is 19.4 Å². The fraction of sp³-hybridized carbons (Fsp3) is 0.0526. The lowest BCUT2D eigenvalue weighted by Gasteiger charge is -2.03. The Morgan fingerprint density at radius 3 is 2.64 bits per heavy atom. The third kappa shape index (κ3) is 4.55. The highest BCUT2D eigenvalue weighted by molar-refractivity contribution is 14.1. The molecule has 142 valence electrons. The summed E-state index contributed by atoms with van der Waals surface area (Å²) in [6.45, 7) is 0. The number of benzene rings is 2. The first-order valence-corrected chi connectivity index (χ1v) is 9.07. The Bertz CT molecular complexity index is 1040. The van der Waals surface area contributed by atoms with Gasteiger partial charge in [-0.25, -0.2) is 5.43 Å². The van der Waals surface area contributed by atoms with Crippen LogP contribution in [0.25, 0.3) is 11.3 Å². The number of rotatable bonds is 6. The summed E-state index contributed by atoms with van der Waals surface area (Å²) in [4.78, 5) is 22.8. The molecule has 8 nitrogen and oxygen atoms in total. The van der Waals surface area contributed by atoms with Crippen LogP contribution in [-0.4, -0.2) is 24.2 Å². The van der Waals surface area contributed by atoms with E-state index in [0.29, 0.717) is 28.4 Å². The van der Waals surface area contributed by atoms with Crippen LogP contribution in [-0.2, 0) is 0 Å². The molecule has 28 heavy (non-hydrogen) atoms. The highest BCUT2D eigenvalue weighted by Gasteiger charge is 2.19. The minimum atomic E-state index is -0.505. The third-order valence-electron chi connectivity index (χ3n) is 3.76. The highest BCUT2D eigenvalue weighted by atomic mass is 127. The maximum atomic E-state index is 12.0.